The topological polar surface area (TPSA) is 65.4 Å². The maximum atomic E-state index is 12.3. The summed E-state index contributed by atoms with van der Waals surface area (Å²) in [5.41, 5.74) is 2.63. The Morgan fingerprint density at radius 2 is 1.96 bits per heavy atom. The summed E-state index contributed by atoms with van der Waals surface area (Å²) in [7, 11) is 0. The number of nitrogens with one attached hydrogen (secondary N) is 1. The lowest BCUT2D eigenvalue weighted by atomic mass is 10.1. The predicted molar refractivity (Wildman–Crippen MR) is 118 cm³/mol. The van der Waals surface area contributed by atoms with Crippen LogP contribution in [0.2, 0.25) is 0 Å². The molecule has 1 aliphatic heterocycles. The summed E-state index contributed by atoms with van der Waals surface area (Å²) < 4.78 is 7.37. The molecule has 0 aliphatic carbocycles. The fourth-order valence-electron chi connectivity index (χ4n) is 2.73. The predicted octanol–water partition coefficient (Wildman–Crippen LogP) is 4.74. The van der Waals surface area contributed by atoms with E-state index in [9.17, 15) is 10.1 Å². The number of nitrogens with zero attached hydrogens (tertiary/aromatic N) is 2. The third-order valence-electron chi connectivity index (χ3n) is 4.12. The minimum Gasteiger partial charge on any atom is -0.486 e. The van der Waals surface area contributed by atoms with Crippen LogP contribution in [0.3, 0.4) is 0 Å². The first-order chi connectivity index (χ1) is 13.4. The Morgan fingerprint density at radius 1 is 1.29 bits per heavy atom. The number of hydrogen-bond donors (Lipinski definition) is 1. The van der Waals surface area contributed by atoms with Crippen LogP contribution in [0.15, 0.2) is 51.0 Å². The minimum atomic E-state index is -0.145. The number of thiocarbonyl (C=S) groups is 1. The Bertz CT molecular complexity index is 1010. The number of likely N-dealkylation sites (N-methyl/N-ethyl adjacent to an activating group) is 1. The van der Waals surface area contributed by atoms with Crippen LogP contribution >= 0.6 is 44.1 Å². The SMILES string of the molecule is CCN1C(=O)/C(=C/c2cc(Br)c(OCc3ccccc3C#N)c(Br)c2)NC1=S. The molecule has 0 saturated carbocycles. The minimum absolute atomic E-state index is 0.145. The molecule has 0 atom stereocenters. The van der Waals surface area contributed by atoms with Gasteiger partial charge >= 0.3 is 0 Å². The average molecular weight is 521 g/mol. The summed E-state index contributed by atoms with van der Waals surface area (Å²) in [5.74, 6) is 0.472. The molecule has 2 aromatic carbocycles. The lowest BCUT2D eigenvalue weighted by molar-refractivity contribution is -0.122. The molecule has 8 heteroatoms. The first-order valence-electron chi connectivity index (χ1n) is 8.39. The number of nitriles is 1. The van der Waals surface area contributed by atoms with E-state index < -0.39 is 0 Å². The highest BCUT2D eigenvalue weighted by molar-refractivity contribution is 9.11. The second kappa shape index (κ2) is 8.86. The Hall–Kier alpha value is -2.21. The molecule has 1 N–H and O–H groups in total. The molecule has 0 bridgehead atoms. The maximum absolute atomic E-state index is 12.3. The molecule has 0 aromatic heterocycles. The Labute approximate surface area is 185 Å². The van der Waals surface area contributed by atoms with E-state index in [0.717, 1.165) is 20.1 Å². The lowest BCUT2D eigenvalue weighted by Crippen LogP contribution is -2.30. The van der Waals surface area contributed by atoms with E-state index in [2.05, 4.69) is 43.2 Å². The largest absolute Gasteiger partial charge is 0.486 e. The van der Waals surface area contributed by atoms with Gasteiger partial charge in [-0.1, -0.05) is 18.2 Å². The van der Waals surface area contributed by atoms with Crippen molar-refractivity contribution < 1.29 is 9.53 Å². The van der Waals surface area contributed by atoms with E-state index >= 15 is 0 Å². The van der Waals surface area contributed by atoms with E-state index in [-0.39, 0.29) is 12.5 Å². The molecule has 1 amide bonds. The number of carbonyl (C=O) groups excluding carboxylic acids is 1. The van der Waals surface area contributed by atoms with Gasteiger partial charge in [-0.15, -0.1) is 0 Å². The lowest BCUT2D eigenvalue weighted by Gasteiger charge is -2.12. The van der Waals surface area contributed by atoms with Gasteiger partial charge in [0.1, 0.15) is 18.1 Å². The fraction of sp³-hybridized carbons (Fsp3) is 0.150. The first-order valence-corrected chi connectivity index (χ1v) is 10.4. The van der Waals surface area contributed by atoms with E-state index in [4.69, 9.17) is 17.0 Å². The van der Waals surface area contributed by atoms with Gasteiger partial charge in [-0.25, -0.2) is 0 Å². The van der Waals surface area contributed by atoms with Crippen molar-refractivity contribution in [3.05, 3.63) is 67.7 Å². The van der Waals surface area contributed by atoms with Crippen molar-refractivity contribution in [2.45, 2.75) is 13.5 Å². The van der Waals surface area contributed by atoms with Gasteiger partial charge < -0.3 is 10.1 Å². The number of rotatable bonds is 5. The third-order valence-corrected chi connectivity index (χ3v) is 5.62. The molecule has 2 aromatic rings. The zero-order chi connectivity index (χ0) is 20.3. The summed E-state index contributed by atoms with van der Waals surface area (Å²) in [6, 6.07) is 13.2. The van der Waals surface area contributed by atoms with Crippen LogP contribution in [0.4, 0.5) is 0 Å². The van der Waals surface area contributed by atoms with Gasteiger partial charge in [0.05, 0.1) is 20.6 Å². The number of ether oxygens (including phenoxy) is 1. The molecule has 1 aliphatic rings. The number of carbonyl (C=O) groups is 1. The van der Waals surface area contributed by atoms with E-state index in [1.165, 1.54) is 4.90 Å². The smallest absolute Gasteiger partial charge is 0.276 e. The van der Waals surface area contributed by atoms with Crippen molar-refractivity contribution in [1.29, 1.82) is 5.26 Å². The normalized spacial score (nSPS) is 14.9. The molecule has 5 nitrogen and oxygen atoms in total. The maximum Gasteiger partial charge on any atom is 0.276 e. The average Bonchev–Trinajstić information content (AvgIpc) is 2.94. The molecule has 142 valence electrons. The van der Waals surface area contributed by atoms with Gasteiger partial charge in [0, 0.05) is 12.1 Å². The molecule has 1 heterocycles. The standard InChI is InChI=1S/C20H15Br2N3O2S/c1-2-25-19(26)17(24-20(25)28)9-12-7-15(21)18(16(22)8-12)27-11-14-6-4-3-5-13(14)10-23/h3-9H,2,11H2,1H3,(H,24,28)/b17-9-. The number of amides is 1. The molecular weight excluding hydrogens is 506 g/mol. The Morgan fingerprint density at radius 3 is 2.57 bits per heavy atom. The van der Waals surface area contributed by atoms with E-state index in [1.54, 1.807) is 12.1 Å². The molecule has 0 radical (unpaired) electrons. The van der Waals surface area contributed by atoms with Crippen molar-refractivity contribution >= 4 is 61.2 Å². The Kier molecular flexibility index (Phi) is 6.50. The van der Waals surface area contributed by atoms with Crippen molar-refractivity contribution in [2.24, 2.45) is 0 Å². The Balaban J connectivity index is 1.82. The summed E-state index contributed by atoms with van der Waals surface area (Å²) >= 11 is 12.2. The van der Waals surface area contributed by atoms with Crippen LogP contribution in [0, 0.1) is 11.3 Å². The van der Waals surface area contributed by atoms with Gasteiger partial charge in [0.15, 0.2) is 5.11 Å². The van der Waals surface area contributed by atoms with Crippen molar-refractivity contribution in [3.63, 3.8) is 0 Å². The quantitative estimate of drug-likeness (QED) is 0.455. The van der Waals surface area contributed by atoms with Crippen LogP contribution in [0.25, 0.3) is 6.08 Å². The van der Waals surface area contributed by atoms with Crippen LogP contribution in [-0.2, 0) is 11.4 Å². The van der Waals surface area contributed by atoms with Gasteiger partial charge in [0.2, 0.25) is 0 Å². The van der Waals surface area contributed by atoms with Gasteiger partial charge in [-0.3, -0.25) is 9.69 Å². The van der Waals surface area contributed by atoms with Crippen molar-refractivity contribution in [2.75, 3.05) is 6.54 Å². The summed E-state index contributed by atoms with van der Waals surface area (Å²) in [6.07, 6.45) is 1.74. The van der Waals surface area contributed by atoms with E-state index in [0.29, 0.717) is 28.7 Å². The highest BCUT2D eigenvalue weighted by Crippen LogP contribution is 2.36. The second-order valence-electron chi connectivity index (χ2n) is 5.91. The summed E-state index contributed by atoms with van der Waals surface area (Å²) in [5, 5.41) is 12.5. The number of hydrogen-bond acceptors (Lipinski definition) is 4. The second-order valence-corrected chi connectivity index (χ2v) is 8.00. The molecule has 1 fully saturated rings. The monoisotopic (exact) mass is 519 g/mol. The molecule has 3 rings (SSSR count). The van der Waals surface area contributed by atoms with E-state index in [1.807, 2.05) is 37.3 Å². The molecule has 1 saturated heterocycles. The first kappa shape index (κ1) is 20.5. The van der Waals surface area contributed by atoms with Gasteiger partial charge in [0.25, 0.3) is 5.91 Å². The van der Waals surface area contributed by atoms with Crippen molar-refractivity contribution in [1.82, 2.24) is 10.2 Å². The number of benzene rings is 2. The highest BCUT2D eigenvalue weighted by Gasteiger charge is 2.29. The van der Waals surface area contributed by atoms with Gasteiger partial charge in [-0.2, -0.15) is 5.26 Å². The molecule has 0 unspecified atom stereocenters. The van der Waals surface area contributed by atoms with Crippen LogP contribution in [0.1, 0.15) is 23.6 Å². The summed E-state index contributed by atoms with van der Waals surface area (Å²) in [4.78, 5) is 13.9. The molecule has 0 spiro atoms. The molecule has 28 heavy (non-hydrogen) atoms. The zero-order valence-electron chi connectivity index (χ0n) is 14.8. The van der Waals surface area contributed by atoms with Crippen LogP contribution < -0.4 is 10.1 Å². The van der Waals surface area contributed by atoms with Crippen LogP contribution in [0.5, 0.6) is 5.75 Å². The van der Waals surface area contributed by atoms with Gasteiger partial charge in [-0.05, 0) is 80.8 Å². The zero-order valence-corrected chi connectivity index (χ0v) is 18.8. The highest BCUT2D eigenvalue weighted by atomic mass is 79.9. The number of halogens is 2. The molecular formula is C20H15Br2N3O2S. The third kappa shape index (κ3) is 4.27. The van der Waals surface area contributed by atoms with Crippen LogP contribution in [-0.4, -0.2) is 22.5 Å². The van der Waals surface area contributed by atoms with Crippen molar-refractivity contribution in [3.8, 4) is 11.8 Å². The fourth-order valence-corrected chi connectivity index (χ4v) is 4.50. The summed E-state index contributed by atoms with van der Waals surface area (Å²) in [6.45, 7) is 2.66.